The highest BCUT2D eigenvalue weighted by Gasteiger charge is 2.13. The molecule has 0 unspecified atom stereocenters. The fraction of sp³-hybridized carbons (Fsp3) is 0.143. The highest BCUT2D eigenvalue weighted by molar-refractivity contribution is 5.93. The Balaban J connectivity index is 2.38. The van der Waals surface area contributed by atoms with Gasteiger partial charge in [0.1, 0.15) is 5.75 Å². The number of carboxylic acids is 1. The van der Waals surface area contributed by atoms with Crippen LogP contribution in [-0.4, -0.2) is 27.0 Å². The molecule has 0 fully saturated rings. The highest BCUT2D eigenvalue weighted by Crippen LogP contribution is 2.28. The Morgan fingerprint density at radius 1 is 1.19 bits per heavy atom. The van der Waals surface area contributed by atoms with Crippen LogP contribution in [0.2, 0.25) is 0 Å². The maximum absolute atomic E-state index is 11.2. The van der Waals surface area contributed by atoms with Crippen LogP contribution in [0.5, 0.6) is 11.6 Å². The quantitative estimate of drug-likeness (QED) is 0.883. The molecule has 0 bridgehead atoms. The minimum Gasteiger partial charge on any atom is -0.476 e. The average molecular weight is 287 g/mol. The van der Waals surface area contributed by atoms with Crippen LogP contribution in [0.4, 0.5) is 0 Å². The van der Waals surface area contributed by atoms with Crippen molar-refractivity contribution in [2.75, 3.05) is 0 Å². The van der Waals surface area contributed by atoms with Crippen LogP contribution in [-0.2, 0) is 0 Å². The third kappa shape index (κ3) is 3.14. The number of amides is 1. The molecule has 2 rings (SSSR count). The zero-order chi connectivity index (χ0) is 15.6. The summed E-state index contributed by atoms with van der Waals surface area (Å²) in [5.41, 5.74) is 6.78. The lowest BCUT2D eigenvalue weighted by Gasteiger charge is -2.12. The summed E-state index contributed by atoms with van der Waals surface area (Å²) in [5.74, 6) is -1.17. The standard InChI is InChI=1S/C14H13N3O4/c1-7-3-9(13(15)18)4-8(2)12(7)21-11-6-16-5-10(17-11)14(19)20/h3-6H,1-2H3,(H2,15,18)(H,19,20). The molecule has 0 spiro atoms. The Kier molecular flexibility index (Phi) is 3.84. The SMILES string of the molecule is Cc1cc(C(N)=O)cc(C)c1Oc1cncc(C(=O)O)n1. The van der Waals surface area contributed by atoms with Crippen molar-refractivity contribution in [3.8, 4) is 11.6 Å². The number of carbonyl (C=O) groups excluding carboxylic acids is 1. The van der Waals surface area contributed by atoms with Crippen molar-refractivity contribution in [1.29, 1.82) is 0 Å². The number of rotatable bonds is 4. The van der Waals surface area contributed by atoms with Crippen molar-refractivity contribution in [3.63, 3.8) is 0 Å². The summed E-state index contributed by atoms with van der Waals surface area (Å²) in [7, 11) is 0. The van der Waals surface area contributed by atoms with E-state index in [0.717, 1.165) is 6.20 Å². The number of nitrogens with two attached hydrogens (primary N) is 1. The molecule has 3 N–H and O–H groups in total. The molecule has 1 amide bonds. The third-order valence-electron chi connectivity index (χ3n) is 2.78. The van der Waals surface area contributed by atoms with Crippen molar-refractivity contribution in [2.45, 2.75) is 13.8 Å². The fourth-order valence-electron chi connectivity index (χ4n) is 1.86. The third-order valence-corrected chi connectivity index (χ3v) is 2.78. The Morgan fingerprint density at radius 3 is 2.33 bits per heavy atom. The summed E-state index contributed by atoms with van der Waals surface area (Å²) in [6.07, 6.45) is 2.44. The number of benzene rings is 1. The average Bonchev–Trinajstić information content (AvgIpc) is 2.42. The van der Waals surface area contributed by atoms with E-state index < -0.39 is 11.9 Å². The van der Waals surface area contributed by atoms with E-state index in [2.05, 4.69) is 9.97 Å². The summed E-state index contributed by atoms with van der Waals surface area (Å²) in [6, 6.07) is 3.19. The predicted octanol–water partition coefficient (Wildman–Crippen LogP) is 1.68. The van der Waals surface area contributed by atoms with Gasteiger partial charge in [0.2, 0.25) is 11.8 Å². The Hall–Kier alpha value is -2.96. The summed E-state index contributed by atoms with van der Waals surface area (Å²) in [6.45, 7) is 3.51. The van der Waals surface area contributed by atoms with Gasteiger partial charge in [0.15, 0.2) is 5.69 Å². The normalized spacial score (nSPS) is 10.2. The number of carbonyl (C=O) groups is 2. The first-order chi connectivity index (χ1) is 9.88. The molecule has 1 aromatic carbocycles. The van der Waals surface area contributed by atoms with Gasteiger partial charge in [-0.2, -0.15) is 0 Å². The molecule has 7 heteroatoms. The molecule has 0 radical (unpaired) electrons. The molecule has 7 nitrogen and oxygen atoms in total. The van der Waals surface area contributed by atoms with Gasteiger partial charge in [-0.05, 0) is 37.1 Å². The van der Waals surface area contributed by atoms with Gasteiger partial charge in [0.25, 0.3) is 0 Å². The van der Waals surface area contributed by atoms with E-state index in [0.29, 0.717) is 22.4 Å². The van der Waals surface area contributed by atoms with E-state index in [4.69, 9.17) is 15.6 Å². The number of nitrogens with zero attached hydrogens (tertiary/aromatic N) is 2. The first-order valence-corrected chi connectivity index (χ1v) is 6.02. The number of hydrogen-bond acceptors (Lipinski definition) is 5. The second-order valence-corrected chi connectivity index (χ2v) is 4.45. The number of ether oxygens (including phenoxy) is 1. The van der Waals surface area contributed by atoms with Gasteiger partial charge in [-0.15, -0.1) is 0 Å². The van der Waals surface area contributed by atoms with Crippen molar-refractivity contribution in [3.05, 3.63) is 46.9 Å². The van der Waals surface area contributed by atoms with Crippen LogP contribution in [0, 0.1) is 13.8 Å². The summed E-state index contributed by atoms with van der Waals surface area (Å²) in [5, 5.41) is 8.87. The van der Waals surface area contributed by atoms with Crippen LogP contribution in [0.1, 0.15) is 32.0 Å². The number of aryl methyl sites for hydroxylation is 2. The van der Waals surface area contributed by atoms with Gasteiger partial charge < -0.3 is 15.6 Å². The van der Waals surface area contributed by atoms with Crippen molar-refractivity contribution in [2.24, 2.45) is 5.73 Å². The minimum atomic E-state index is -1.19. The van der Waals surface area contributed by atoms with E-state index in [-0.39, 0.29) is 11.6 Å². The zero-order valence-corrected chi connectivity index (χ0v) is 11.5. The summed E-state index contributed by atoms with van der Waals surface area (Å²) in [4.78, 5) is 29.6. The van der Waals surface area contributed by atoms with Crippen molar-refractivity contribution < 1.29 is 19.4 Å². The van der Waals surface area contributed by atoms with Gasteiger partial charge in [-0.1, -0.05) is 0 Å². The van der Waals surface area contributed by atoms with Gasteiger partial charge in [-0.3, -0.25) is 9.78 Å². The number of aromatic nitrogens is 2. The van der Waals surface area contributed by atoms with E-state index in [1.165, 1.54) is 6.20 Å². The molecule has 1 heterocycles. The van der Waals surface area contributed by atoms with Crippen molar-refractivity contribution in [1.82, 2.24) is 9.97 Å². The first kappa shape index (κ1) is 14.4. The van der Waals surface area contributed by atoms with Crippen LogP contribution in [0.15, 0.2) is 24.5 Å². The molecular weight excluding hydrogens is 274 g/mol. The molecular formula is C14H13N3O4. The second-order valence-electron chi connectivity index (χ2n) is 4.45. The molecule has 0 aliphatic carbocycles. The fourth-order valence-corrected chi connectivity index (χ4v) is 1.86. The van der Waals surface area contributed by atoms with Crippen LogP contribution < -0.4 is 10.5 Å². The van der Waals surface area contributed by atoms with E-state index >= 15 is 0 Å². The summed E-state index contributed by atoms with van der Waals surface area (Å²) >= 11 is 0. The minimum absolute atomic E-state index is 0.0629. The van der Waals surface area contributed by atoms with Crippen molar-refractivity contribution >= 4 is 11.9 Å². The smallest absolute Gasteiger partial charge is 0.356 e. The molecule has 1 aromatic heterocycles. The zero-order valence-electron chi connectivity index (χ0n) is 11.5. The van der Waals surface area contributed by atoms with Crippen LogP contribution >= 0.6 is 0 Å². The van der Waals surface area contributed by atoms with E-state index in [1.54, 1.807) is 26.0 Å². The number of aromatic carboxylic acids is 1. The topological polar surface area (TPSA) is 115 Å². The number of carboxylic acid groups (broad SMARTS) is 1. The molecule has 0 saturated carbocycles. The summed E-state index contributed by atoms with van der Waals surface area (Å²) < 4.78 is 5.58. The Morgan fingerprint density at radius 2 is 1.81 bits per heavy atom. The highest BCUT2D eigenvalue weighted by atomic mass is 16.5. The largest absolute Gasteiger partial charge is 0.476 e. The lowest BCUT2D eigenvalue weighted by atomic mass is 10.1. The molecule has 0 aliphatic heterocycles. The lowest BCUT2D eigenvalue weighted by molar-refractivity contribution is 0.0688. The maximum Gasteiger partial charge on any atom is 0.356 e. The molecule has 21 heavy (non-hydrogen) atoms. The van der Waals surface area contributed by atoms with Crippen LogP contribution in [0.25, 0.3) is 0 Å². The molecule has 0 atom stereocenters. The maximum atomic E-state index is 11.2. The lowest BCUT2D eigenvalue weighted by Crippen LogP contribution is -2.11. The van der Waals surface area contributed by atoms with E-state index in [9.17, 15) is 9.59 Å². The predicted molar refractivity (Wildman–Crippen MR) is 73.5 cm³/mol. The Bertz CT molecular complexity index is 705. The first-order valence-electron chi connectivity index (χ1n) is 6.02. The van der Waals surface area contributed by atoms with Gasteiger partial charge in [0, 0.05) is 5.56 Å². The molecule has 108 valence electrons. The molecule has 0 saturated heterocycles. The molecule has 0 aliphatic rings. The number of hydrogen-bond donors (Lipinski definition) is 2. The second kappa shape index (κ2) is 5.58. The van der Waals surface area contributed by atoms with Gasteiger partial charge in [-0.25, -0.2) is 9.78 Å². The monoisotopic (exact) mass is 287 g/mol. The van der Waals surface area contributed by atoms with Gasteiger partial charge >= 0.3 is 5.97 Å². The number of primary amides is 1. The van der Waals surface area contributed by atoms with Gasteiger partial charge in [0.05, 0.1) is 12.4 Å². The van der Waals surface area contributed by atoms with E-state index in [1.807, 2.05) is 0 Å². The van der Waals surface area contributed by atoms with Crippen LogP contribution in [0.3, 0.4) is 0 Å². The molecule has 2 aromatic rings. The Labute approximate surface area is 120 Å².